The lowest BCUT2D eigenvalue weighted by Gasteiger charge is -2.24. The van der Waals surface area contributed by atoms with Crippen molar-refractivity contribution in [3.63, 3.8) is 0 Å². The molecule has 168 valence electrons. The molecule has 8 nitrogen and oxygen atoms in total. The van der Waals surface area contributed by atoms with E-state index >= 15 is 0 Å². The van der Waals surface area contributed by atoms with Gasteiger partial charge >= 0.3 is 12.1 Å². The van der Waals surface area contributed by atoms with Crippen molar-refractivity contribution in [2.24, 2.45) is 5.73 Å². The Morgan fingerprint density at radius 2 is 1.70 bits per heavy atom. The number of carbonyl (C=O) groups excluding carboxylic acids is 2. The molecule has 1 aromatic carbocycles. The smallest absolute Gasteiger partial charge is 0.407 e. The molecule has 8 heteroatoms. The number of rotatable bonds is 12. The lowest BCUT2D eigenvalue weighted by molar-refractivity contribution is -0.137. The number of hydrogen-bond donors (Lipinski definition) is 4. The van der Waals surface area contributed by atoms with Gasteiger partial charge in [0.25, 0.3) is 0 Å². The normalized spacial score (nSPS) is 13.2. The number of alkyl carbamates (subject to hydrolysis) is 1. The highest BCUT2D eigenvalue weighted by Crippen LogP contribution is 2.11. The highest BCUT2D eigenvalue weighted by molar-refractivity contribution is 5.79. The Morgan fingerprint density at radius 3 is 2.27 bits per heavy atom. The van der Waals surface area contributed by atoms with Gasteiger partial charge in [0, 0.05) is 18.5 Å². The Bertz CT molecular complexity index is 673. The quantitative estimate of drug-likeness (QED) is 0.384. The van der Waals surface area contributed by atoms with Crippen LogP contribution in [0.5, 0.6) is 0 Å². The lowest BCUT2D eigenvalue weighted by atomic mass is 10.0. The number of aliphatic carboxylic acids is 1. The van der Waals surface area contributed by atoms with Crippen LogP contribution >= 0.6 is 0 Å². The van der Waals surface area contributed by atoms with Gasteiger partial charge in [0.2, 0.25) is 5.91 Å². The number of hydrogen-bond acceptors (Lipinski definition) is 5. The molecular formula is C22H35N3O5. The summed E-state index contributed by atoms with van der Waals surface area (Å²) in [7, 11) is 0. The molecule has 0 bridgehead atoms. The summed E-state index contributed by atoms with van der Waals surface area (Å²) in [4.78, 5) is 36.0. The standard InChI is InChI=1S/C22H35N3O5/c1-22(2,3)30-21(29)25-17(11-7-8-12-23)14-19(26)24-18(15-20(27)28)13-16-9-5-4-6-10-16/h4-6,9-10,17-18H,7-8,11-15,23H2,1-3H3,(H,24,26)(H,25,29)(H,27,28)/t17-,18-/m0/s1. The zero-order chi connectivity index (χ0) is 22.6. The van der Waals surface area contributed by atoms with E-state index in [1.807, 2.05) is 30.3 Å². The number of carbonyl (C=O) groups is 3. The Balaban J connectivity index is 2.72. The first-order valence-corrected chi connectivity index (χ1v) is 10.3. The molecule has 0 heterocycles. The predicted molar refractivity (Wildman–Crippen MR) is 115 cm³/mol. The molecule has 0 unspecified atom stereocenters. The molecule has 0 aliphatic heterocycles. The van der Waals surface area contributed by atoms with E-state index in [1.54, 1.807) is 20.8 Å². The molecule has 30 heavy (non-hydrogen) atoms. The molecule has 0 saturated heterocycles. The van der Waals surface area contributed by atoms with Gasteiger partial charge in [-0.1, -0.05) is 36.8 Å². The molecule has 1 aromatic rings. The van der Waals surface area contributed by atoms with Crippen LogP contribution in [0.1, 0.15) is 58.4 Å². The van der Waals surface area contributed by atoms with Crippen LogP contribution in [0, 0.1) is 0 Å². The number of nitrogens with two attached hydrogens (primary N) is 1. The summed E-state index contributed by atoms with van der Waals surface area (Å²) in [6, 6.07) is 8.43. The fraction of sp³-hybridized carbons (Fsp3) is 0.591. The van der Waals surface area contributed by atoms with Crippen LogP contribution in [0.25, 0.3) is 0 Å². The number of ether oxygens (including phenoxy) is 1. The van der Waals surface area contributed by atoms with E-state index in [0.717, 1.165) is 18.4 Å². The van der Waals surface area contributed by atoms with Crippen LogP contribution < -0.4 is 16.4 Å². The summed E-state index contributed by atoms with van der Waals surface area (Å²) >= 11 is 0. The molecule has 1 rings (SSSR count). The van der Waals surface area contributed by atoms with Gasteiger partial charge in [0.15, 0.2) is 0 Å². The third-order valence-electron chi connectivity index (χ3n) is 4.27. The number of amides is 2. The average molecular weight is 422 g/mol. The van der Waals surface area contributed by atoms with Crippen LogP contribution in [0.15, 0.2) is 30.3 Å². The van der Waals surface area contributed by atoms with Gasteiger partial charge in [-0.05, 0) is 52.1 Å². The van der Waals surface area contributed by atoms with Crippen LogP contribution in [-0.2, 0) is 20.7 Å². The second kappa shape index (κ2) is 12.8. The maximum atomic E-state index is 12.6. The second-order valence-electron chi connectivity index (χ2n) is 8.38. The lowest BCUT2D eigenvalue weighted by Crippen LogP contribution is -2.44. The van der Waals surface area contributed by atoms with Crippen molar-refractivity contribution in [1.82, 2.24) is 10.6 Å². The maximum Gasteiger partial charge on any atom is 0.407 e. The average Bonchev–Trinajstić information content (AvgIpc) is 2.60. The minimum atomic E-state index is -0.984. The molecule has 0 fully saturated rings. The predicted octanol–water partition coefficient (Wildman–Crippen LogP) is 2.60. The van der Waals surface area contributed by atoms with E-state index in [0.29, 0.717) is 19.4 Å². The monoisotopic (exact) mass is 421 g/mol. The highest BCUT2D eigenvalue weighted by Gasteiger charge is 2.23. The SMILES string of the molecule is CC(C)(C)OC(=O)N[C@@H](CCCCN)CC(=O)N[C@H](CC(=O)O)Cc1ccccc1. The van der Waals surface area contributed by atoms with Crippen LogP contribution in [0.2, 0.25) is 0 Å². The van der Waals surface area contributed by atoms with Crippen LogP contribution in [0.3, 0.4) is 0 Å². The fourth-order valence-electron chi connectivity index (χ4n) is 3.03. The largest absolute Gasteiger partial charge is 0.481 e. The summed E-state index contributed by atoms with van der Waals surface area (Å²) in [5.41, 5.74) is 5.84. The first-order chi connectivity index (χ1) is 14.1. The first-order valence-electron chi connectivity index (χ1n) is 10.3. The zero-order valence-corrected chi connectivity index (χ0v) is 18.1. The van der Waals surface area contributed by atoms with Crippen molar-refractivity contribution >= 4 is 18.0 Å². The van der Waals surface area contributed by atoms with Crippen molar-refractivity contribution in [3.05, 3.63) is 35.9 Å². The molecule has 0 aliphatic rings. The number of carboxylic acids is 1. The van der Waals surface area contributed by atoms with E-state index in [-0.39, 0.29) is 18.7 Å². The number of unbranched alkanes of at least 4 members (excludes halogenated alkanes) is 1. The molecule has 2 amide bonds. The van der Waals surface area contributed by atoms with Gasteiger partial charge in [-0.2, -0.15) is 0 Å². The highest BCUT2D eigenvalue weighted by atomic mass is 16.6. The van der Waals surface area contributed by atoms with E-state index in [1.165, 1.54) is 0 Å². The molecular weight excluding hydrogens is 386 g/mol. The topological polar surface area (TPSA) is 131 Å². The first kappa shape index (κ1) is 25.4. The van der Waals surface area contributed by atoms with Gasteiger partial charge < -0.3 is 26.2 Å². The van der Waals surface area contributed by atoms with Gasteiger partial charge in [0.05, 0.1) is 6.42 Å². The minimum Gasteiger partial charge on any atom is -0.481 e. The summed E-state index contributed by atoms with van der Waals surface area (Å²) in [5, 5.41) is 14.7. The van der Waals surface area contributed by atoms with E-state index < -0.39 is 29.7 Å². The van der Waals surface area contributed by atoms with Crippen molar-refractivity contribution in [1.29, 1.82) is 0 Å². The Hall–Kier alpha value is -2.61. The summed E-state index contributed by atoms with van der Waals surface area (Å²) in [5.74, 6) is -1.30. The van der Waals surface area contributed by atoms with Crippen molar-refractivity contribution in [2.45, 2.75) is 77.0 Å². The molecule has 2 atom stereocenters. The number of benzene rings is 1. The molecule has 0 aliphatic carbocycles. The molecule has 0 radical (unpaired) electrons. The Kier molecular flexibility index (Phi) is 10.9. The molecule has 5 N–H and O–H groups in total. The number of carboxylic acid groups (broad SMARTS) is 1. The number of nitrogens with one attached hydrogen (secondary N) is 2. The van der Waals surface area contributed by atoms with Crippen LogP contribution in [0.4, 0.5) is 4.79 Å². The minimum absolute atomic E-state index is 0.0364. The zero-order valence-electron chi connectivity index (χ0n) is 18.1. The fourth-order valence-corrected chi connectivity index (χ4v) is 3.03. The van der Waals surface area contributed by atoms with Gasteiger partial charge in [-0.3, -0.25) is 9.59 Å². The second-order valence-corrected chi connectivity index (χ2v) is 8.38. The maximum absolute atomic E-state index is 12.6. The van der Waals surface area contributed by atoms with Gasteiger partial charge in [-0.25, -0.2) is 4.79 Å². The summed E-state index contributed by atoms with van der Waals surface area (Å²) < 4.78 is 5.28. The molecule has 0 aromatic heterocycles. The van der Waals surface area contributed by atoms with Gasteiger partial charge in [-0.15, -0.1) is 0 Å². The van der Waals surface area contributed by atoms with E-state index in [9.17, 15) is 19.5 Å². The summed E-state index contributed by atoms with van der Waals surface area (Å²) in [6.07, 6.45) is 1.80. The van der Waals surface area contributed by atoms with Crippen molar-refractivity contribution in [3.8, 4) is 0 Å². The Labute approximate surface area is 178 Å². The van der Waals surface area contributed by atoms with E-state index in [4.69, 9.17) is 10.5 Å². The van der Waals surface area contributed by atoms with Crippen molar-refractivity contribution in [2.75, 3.05) is 6.54 Å². The third kappa shape index (κ3) is 12.1. The van der Waals surface area contributed by atoms with Crippen LogP contribution in [-0.4, -0.2) is 47.3 Å². The third-order valence-corrected chi connectivity index (χ3v) is 4.27. The molecule has 0 spiro atoms. The van der Waals surface area contributed by atoms with Crippen molar-refractivity contribution < 1.29 is 24.2 Å². The van der Waals surface area contributed by atoms with E-state index in [2.05, 4.69) is 10.6 Å². The molecule has 0 saturated carbocycles. The summed E-state index contributed by atoms with van der Waals surface area (Å²) in [6.45, 7) is 5.83. The van der Waals surface area contributed by atoms with Gasteiger partial charge in [0.1, 0.15) is 5.60 Å². The Morgan fingerprint density at radius 1 is 1.03 bits per heavy atom.